The number of benzene rings is 1. The van der Waals surface area contributed by atoms with Gasteiger partial charge in [-0.15, -0.1) is 0 Å². The van der Waals surface area contributed by atoms with Crippen molar-refractivity contribution in [1.82, 2.24) is 15.4 Å². The molecule has 5 heteroatoms. The van der Waals surface area contributed by atoms with Gasteiger partial charge in [-0.05, 0) is 25.3 Å². The summed E-state index contributed by atoms with van der Waals surface area (Å²) in [7, 11) is 0. The van der Waals surface area contributed by atoms with Gasteiger partial charge in [-0.25, -0.2) is 4.79 Å². The molecule has 1 N–H and O–H groups in total. The maximum absolute atomic E-state index is 12.4. The predicted octanol–water partition coefficient (Wildman–Crippen LogP) is 3.03. The molecule has 2 heterocycles. The maximum Gasteiger partial charge on any atom is 0.318 e. The summed E-state index contributed by atoms with van der Waals surface area (Å²) < 4.78 is 5.13. The lowest BCUT2D eigenvalue weighted by atomic mass is 10.1. The highest BCUT2D eigenvalue weighted by molar-refractivity contribution is 5.75. The van der Waals surface area contributed by atoms with Crippen LogP contribution in [0.25, 0.3) is 0 Å². The largest absolute Gasteiger partial charge is 0.361 e. The lowest BCUT2D eigenvalue weighted by molar-refractivity contribution is 0.190. The molecule has 1 aromatic heterocycles. The second-order valence-corrected chi connectivity index (χ2v) is 5.36. The quantitative estimate of drug-likeness (QED) is 0.943. The van der Waals surface area contributed by atoms with Crippen molar-refractivity contribution < 1.29 is 9.32 Å². The lowest BCUT2D eigenvalue weighted by Gasteiger charge is -2.23. The van der Waals surface area contributed by atoms with Crippen LogP contribution < -0.4 is 5.32 Å². The molecule has 0 bridgehead atoms. The Morgan fingerprint density at radius 1 is 1.43 bits per heavy atom. The summed E-state index contributed by atoms with van der Waals surface area (Å²) in [4.78, 5) is 14.2. The SMILES string of the molecule is Cc1cc(C2CCCN2C(=O)NCc2ccccc2)no1. The lowest BCUT2D eigenvalue weighted by Crippen LogP contribution is -2.39. The Kier molecular flexibility index (Phi) is 3.90. The van der Waals surface area contributed by atoms with Crippen LogP contribution in [0.3, 0.4) is 0 Å². The molecule has 0 radical (unpaired) electrons. The summed E-state index contributed by atoms with van der Waals surface area (Å²) in [6.45, 7) is 3.17. The maximum atomic E-state index is 12.4. The molecule has 5 nitrogen and oxygen atoms in total. The number of carbonyl (C=O) groups is 1. The normalized spacial score (nSPS) is 18.0. The van der Waals surface area contributed by atoms with E-state index in [4.69, 9.17) is 4.52 Å². The average Bonchev–Trinajstić information content (AvgIpc) is 3.14. The molecule has 110 valence electrons. The molecule has 2 aromatic rings. The Labute approximate surface area is 123 Å². The fourth-order valence-corrected chi connectivity index (χ4v) is 2.74. The second-order valence-electron chi connectivity index (χ2n) is 5.36. The van der Waals surface area contributed by atoms with Gasteiger partial charge in [0, 0.05) is 19.2 Å². The molecule has 1 atom stereocenters. The van der Waals surface area contributed by atoms with Gasteiger partial charge >= 0.3 is 6.03 Å². The Bertz CT molecular complexity index is 609. The molecule has 3 rings (SSSR count). The van der Waals surface area contributed by atoms with E-state index in [0.29, 0.717) is 6.54 Å². The van der Waals surface area contributed by atoms with E-state index in [1.807, 2.05) is 48.2 Å². The first-order chi connectivity index (χ1) is 10.2. The molecule has 1 fully saturated rings. The van der Waals surface area contributed by atoms with Gasteiger partial charge in [0.15, 0.2) is 0 Å². The second kappa shape index (κ2) is 5.99. The van der Waals surface area contributed by atoms with Crippen molar-refractivity contribution >= 4 is 6.03 Å². The number of carbonyl (C=O) groups excluding carboxylic acids is 1. The molecular weight excluding hydrogens is 266 g/mol. The number of urea groups is 1. The summed E-state index contributed by atoms with van der Waals surface area (Å²) >= 11 is 0. The highest BCUT2D eigenvalue weighted by Crippen LogP contribution is 2.31. The van der Waals surface area contributed by atoms with E-state index in [1.165, 1.54) is 0 Å². The summed E-state index contributed by atoms with van der Waals surface area (Å²) in [6.07, 6.45) is 1.93. The number of likely N-dealkylation sites (tertiary alicyclic amines) is 1. The molecule has 0 saturated carbocycles. The first kappa shape index (κ1) is 13.7. The minimum Gasteiger partial charge on any atom is -0.361 e. The van der Waals surface area contributed by atoms with Crippen LogP contribution in [-0.4, -0.2) is 22.6 Å². The fourth-order valence-electron chi connectivity index (χ4n) is 2.74. The van der Waals surface area contributed by atoms with Gasteiger partial charge in [0.25, 0.3) is 0 Å². The monoisotopic (exact) mass is 285 g/mol. The molecule has 1 aromatic carbocycles. The Balaban J connectivity index is 1.63. The van der Waals surface area contributed by atoms with Crippen molar-refractivity contribution in [2.45, 2.75) is 32.4 Å². The molecule has 21 heavy (non-hydrogen) atoms. The van der Waals surface area contributed by atoms with Gasteiger partial charge in [-0.1, -0.05) is 35.5 Å². The van der Waals surface area contributed by atoms with Gasteiger partial charge in [-0.2, -0.15) is 0 Å². The zero-order chi connectivity index (χ0) is 14.7. The van der Waals surface area contributed by atoms with E-state index in [-0.39, 0.29) is 12.1 Å². The van der Waals surface area contributed by atoms with Gasteiger partial charge in [-0.3, -0.25) is 0 Å². The third-order valence-corrected chi connectivity index (χ3v) is 3.79. The number of aryl methyl sites for hydroxylation is 1. The number of aromatic nitrogens is 1. The van der Waals surface area contributed by atoms with Crippen LogP contribution in [0.2, 0.25) is 0 Å². The van der Waals surface area contributed by atoms with Crippen LogP contribution in [-0.2, 0) is 6.54 Å². The molecule has 2 amide bonds. The van der Waals surface area contributed by atoms with Crippen molar-refractivity contribution in [3.63, 3.8) is 0 Å². The standard InChI is InChI=1S/C16H19N3O2/c1-12-10-14(18-21-12)15-8-5-9-19(15)16(20)17-11-13-6-3-2-4-7-13/h2-4,6-7,10,15H,5,8-9,11H2,1H3,(H,17,20). The Morgan fingerprint density at radius 2 is 2.24 bits per heavy atom. The van der Waals surface area contributed by atoms with E-state index in [0.717, 1.165) is 36.4 Å². The van der Waals surface area contributed by atoms with E-state index in [1.54, 1.807) is 0 Å². The van der Waals surface area contributed by atoms with Crippen molar-refractivity contribution in [3.8, 4) is 0 Å². The van der Waals surface area contributed by atoms with Crippen LogP contribution >= 0.6 is 0 Å². The van der Waals surface area contributed by atoms with E-state index < -0.39 is 0 Å². The van der Waals surface area contributed by atoms with Crippen LogP contribution in [0.1, 0.15) is 35.9 Å². The molecule has 1 aliphatic rings. The van der Waals surface area contributed by atoms with E-state index >= 15 is 0 Å². The molecular formula is C16H19N3O2. The van der Waals surface area contributed by atoms with Crippen molar-refractivity contribution in [2.24, 2.45) is 0 Å². The first-order valence-electron chi connectivity index (χ1n) is 7.25. The number of rotatable bonds is 3. The number of nitrogens with zero attached hydrogens (tertiary/aromatic N) is 2. The molecule has 1 unspecified atom stereocenters. The van der Waals surface area contributed by atoms with Gasteiger partial charge in [0.2, 0.25) is 0 Å². The molecule has 1 saturated heterocycles. The van der Waals surface area contributed by atoms with Crippen LogP contribution in [0.5, 0.6) is 0 Å². The first-order valence-corrected chi connectivity index (χ1v) is 7.25. The van der Waals surface area contributed by atoms with Crippen molar-refractivity contribution in [3.05, 3.63) is 53.4 Å². The minimum absolute atomic E-state index is 0.0261. The number of nitrogens with one attached hydrogen (secondary N) is 1. The minimum atomic E-state index is -0.0398. The van der Waals surface area contributed by atoms with Gasteiger partial charge < -0.3 is 14.7 Å². The predicted molar refractivity (Wildman–Crippen MR) is 78.6 cm³/mol. The van der Waals surface area contributed by atoms with Crippen molar-refractivity contribution in [2.75, 3.05) is 6.54 Å². The number of hydrogen-bond donors (Lipinski definition) is 1. The zero-order valence-corrected chi connectivity index (χ0v) is 12.1. The summed E-state index contributed by atoms with van der Waals surface area (Å²) in [5, 5.41) is 7.03. The van der Waals surface area contributed by atoms with E-state index in [9.17, 15) is 4.79 Å². The summed E-state index contributed by atoms with van der Waals surface area (Å²) in [5.74, 6) is 0.779. The molecule has 1 aliphatic heterocycles. The Hall–Kier alpha value is -2.30. The Morgan fingerprint density at radius 3 is 2.95 bits per heavy atom. The van der Waals surface area contributed by atoms with Crippen molar-refractivity contribution in [1.29, 1.82) is 0 Å². The highest BCUT2D eigenvalue weighted by atomic mass is 16.5. The number of amides is 2. The van der Waals surface area contributed by atoms with Gasteiger partial charge in [0.05, 0.1) is 6.04 Å². The zero-order valence-electron chi connectivity index (χ0n) is 12.1. The number of hydrogen-bond acceptors (Lipinski definition) is 3. The van der Waals surface area contributed by atoms with Crippen LogP contribution in [0.15, 0.2) is 40.9 Å². The van der Waals surface area contributed by atoms with E-state index in [2.05, 4.69) is 10.5 Å². The third-order valence-electron chi connectivity index (χ3n) is 3.79. The summed E-state index contributed by atoms with van der Waals surface area (Å²) in [6, 6.07) is 11.8. The smallest absolute Gasteiger partial charge is 0.318 e. The molecule has 0 aliphatic carbocycles. The highest BCUT2D eigenvalue weighted by Gasteiger charge is 2.31. The van der Waals surface area contributed by atoms with Gasteiger partial charge in [0.1, 0.15) is 11.5 Å². The topological polar surface area (TPSA) is 58.4 Å². The average molecular weight is 285 g/mol. The third kappa shape index (κ3) is 3.07. The summed E-state index contributed by atoms with van der Waals surface area (Å²) in [5.41, 5.74) is 1.94. The van der Waals surface area contributed by atoms with Crippen LogP contribution in [0, 0.1) is 6.92 Å². The van der Waals surface area contributed by atoms with Crippen LogP contribution in [0.4, 0.5) is 4.79 Å². The fraction of sp³-hybridized carbons (Fsp3) is 0.375. The molecule has 0 spiro atoms.